The Kier molecular flexibility index (Phi) is 6.42. The van der Waals surface area contributed by atoms with Crippen molar-refractivity contribution in [1.82, 2.24) is 0 Å². The fraction of sp³-hybridized carbons (Fsp3) is 0. The molecule has 0 fully saturated rings. The minimum Gasteiger partial charge on any atom is -0.755 e. The molecule has 0 bridgehead atoms. The molecule has 0 heterocycles. The van der Waals surface area contributed by atoms with Crippen molar-refractivity contribution in [2.75, 3.05) is 4.72 Å². The maximum atomic E-state index is 11.9. The van der Waals surface area contributed by atoms with Crippen LogP contribution in [0, 0.1) is 5.82 Å². The summed E-state index contributed by atoms with van der Waals surface area (Å²) in [4.78, 5) is 10.4. The van der Waals surface area contributed by atoms with E-state index in [1.165, 1.54) is 24.3 Å². The molecule has 0 saturated carbocycles. The minimum absolute atomic E-state index is 0.178. The summed E-state index contributed by atoms with van der Waals surface area (Å²) in [5.41, 5.74) is 0.613. The van der Waals surface area contributed by atoms with Crippen LogP contribution >= 0.6 is 0 Å². The van der Waals surface area contributed by atoms with E-state index in [0.29, 0.717) is 17.5 Å². The van der Waals surface area contributed by atoms with Crippen molar-refractivity contribution < 1.29 is 17.9 Å². The molecule has 4 nitrogen and oxygen atoms in total. The quantitative estimate of drug-likeness (QED) is 0.694. The monoisotopic (exact) mass is 280 g/mol. The molecular weight excluding hydrogens is 269 g/mol. The Hall–Kier alpha value is -2.05. The molecule has 0 amide bonds. The van der Waals surface area contributed by atoms with Gasteiger partial charge in [-0.3, -0.25) is 9.00 Å². The van der Waals surface area contributed by atoms with Gasteiger partial charge >= 0.3 is 0 Å². The highest BCUT2D eigenvalue weighted by Gasteiger charge is 1.97. The first-order valence-electron chi connectivity index (χ1n) is 5.24. The van der Waals surface area contributed by atoms with Crippen LogP contribution in [0.5, 0.6) is 0 Å². The minimum atomic E-state index is -2.39. The molecule has 6 heteroatoms. The summed E-state index contributed by atoms with van der Waals surface area (Å²) in [5, 5.41) is 0. The van der Waals surface area contributed by atoms with Crippen molar-refractivity contribution >= 4 is 23.2 Å². The lowest BCUT2D eigenvalue weighted by molar-refractivity contribution is 0.112. The lowest BCUT2D eigenvalue weighted by atomic mass is 10.2. The van der Waals surface area contributed by atoms with E-state index in [1.807, 2.05) is 0 Å². The first kappa shape index (κ1) is 15.0. The Morgan fingerprint density at radius 3 is 2.11 bits per heavy atom. The van der Waals surface area contributed by atoms with Crippen molar-refractivity contribution in [2.24, 2.45) is 0 Å². The Labute approximate surface area is 112 Å². The second-order valence-corrected chi connectivity index (χ2v) is 4.01. The molecule has 2 aromatic carbocycles. The molecule has 0 saturated heterocycles. The molecule has 0 radical (unpaired) electrons. The van der Waals surface area contributed by atoms with E-state index < -0.39 is 11.3 Å². The third-order valence-electron chi connectivity index (χ3n) is 2.01. The predicted octanol–water partition coefficient (Wildman–Crippen LogP) is 2.53. The number of para-hydroxylation sites is 1. The predicted molar refractivity (Wildman–Crippen MR) is 70.8 cm³/mol. The third kappa shape index (κ3) is 5.89. The number of aldehydes is 1. The van der Waals surface area contributed by atoms with E-state index in [9.17, 15) is 17.9 Å². The van der Waals surface area contributed by atoms with Crippen LogP contribution in [-0.2, 0) is 11.3 Å². The molecule has 0 spiro atoms. The fourth-order valence-electron chi connectivity index (χ4n) is 1.20. The molecule has 1 N–H and O–H groups in total. The molecule has 2 rings (SSSR count). The smallest absolute Gasteiger partial charge is 0.152 e. The topological polar surface area (TPSA) is 69.2 Å². The Balaban J connectivity index is 0.000000218. The highest BCUT2D eigenvalue weighted by molar-refractivity contribution is 7.80. The van der Waals surface area contributed by atoms with Crippen molar-refractivity contribution in [3.63, 3.8) is 0 Å². The number of anilines is 1. The van der Waals surface area contributed by atoms with E-state index in [4.69, 9.17) is 0 Å². The van der Waals surface area contributed by atoms with Gasteiger partial charge in [0.1, 0.15) is 5.82 Å². The lowest BCUT2D eigenvalue weighted by Gasteiger charge is -2.09. The highest BCUT2D eigenvalue weighted by Crippen LogP contribution is 2.12. The van der Waals surface area contributed by atoms with Gasteiger partial charge in [0.05, 0.1) is 5.69 Å². The largest absolute Gasteiger partial charge is 0.755 e. The summed E-state index contributed by atoms with van der Waals surface area (Å²) in [6.07, 6.45) is 0.592. The third-order valence-corrected chi connectivity index (χ3v) is 2.40. The zero-order valence-corrected chi connectivity index (χ0v) is 10.6. The molecule has 0 aromatic heterocycles. The van der Waals surface area contributed by atoms with Gasteiger partial charge in [0, 0.05) is 16.8 Å². The summed E-state index contributed by atoms with van der Waals surface area (Å²) < 4.78 is 34.4. The normalized spacial score (nSPS) is 10.8. The lowest BCUT2D eigenvalue weighted by Crippen LogP contribution is -2.04. The second-order valence-electron chi connectivity index (χ2n) is 3.34. The van der Waals surface area contributed by atoms with E-state index in [1.54, 1.807) is 30.3 Å². The summed E-state index contributed by atoms with van der Waals surface area (Å²) in [6.45, 7) is 0. The van der Waals surface area contributed by atoms with Gasteiger partial charge < -0.3 is 9.27 Å². The molecule has 1 atom stereocenters. The molecule has 19 heavy (non-hydrogen) atoms. The van der Waals surface area contributed by atoms with Gasteiger partial charge in [-0.2, -0.15) is 0 Å². The van der Waals surface area contributed by atoms with Gasteiger partial charge in [-0.25, -0.2) is 4.39 Å². The molecule has 100 valence electrons. The maximum Gasteiger partial charge on any atom is 0.152 e. The van der Waals surface area contributed by atoms with E-state index in [-0.39, 0.29) is 5.82 Å². The van der Waals surface area contributed by atoms with Gasteiger partial charge in [0.2, 0.25) is 0 Å². The van der Waals surface area contributed by atoms with Crippen LogP contribution in [0.1, 0.15) is 10.4 Å². The Bertz CT molecular complexity index is 549. The summed E-state index contributed by atoms with van der Waals surface area (Å²) in [7, 11) is 0. The number of halogens is 1. The van der Waals surface area contributed by atoms with E-state index >= 15 is 0 Å². The van der Waals surface area contributed by atoms with Crippen molar-refractivity contribution in [1.29, 1.82) is 0 Å². The average molecular weight is 280 g/mol. The molecular formula is C13H11FNO3S-. The van der Waals surface area contributed by atoms with E-state index in [0.717, 1.165) is 0 Å². The van der Waals surface area contributed by atoms with Crippen molar-refractivity contribution in [3.8, 4) is 0 Å². The zero-order chi connectivity index (χ0) is 14.1. The number of carbonyl (C=O) groups excluding carboxylic acids is 1. The van der Waals surface area contributed by atoms with Crippen LogP contribution in [0.15, 0.2) is 54.6 Å². The number of benzene rings is 2. The summed E-state index contributed by atoms with van der Waals surface area (Å²) >= 11 is -2.39. The van der Waals surface area contributed by atoms with Gasteiger partial charge in [0.25, 0.3) is 0 Å². The van der Waals surface area contributed by atoms with Crippen molar-refractivity contribution in [2.45, 2.75) is 0 Å². The number of nitrogens with one attached hydrogen (secondary N) is 1. The maximum absolute atomic E-state index is 11.9. The fourth-order valence-corrected chi connectivity index (χ4v) is 1.56. The van der Waals surface area contributed by atoms with E-state index in [2.05, 4.69) is 4.72 Å². The number of hydrogen-bond acceptors (Lipinski definition) is 3. The summed E-state index contributed by atoms with van der Waals surface area (Å²) in [5.74, 6) is -0.178. The molecule has 0 aliphatic carbocycles. The van der Waals surface area contributed by atoms with Crippen LogP contribution in [-0.4, -0.2) is 15.0 Å². The van der Waals surface area contributed by atoms with Crippen LogP contribution < -0.4 is 4.72 Å². The number of carbonyl (C=O) groups is 1. The first-order valence-corrected chi connectivity index (χ1v) is 6.31. The van der Waals surface area contributed by atoms with Gasteiger partial charge in [-0.1, -0.05) is 30.3 Å². The molecule has 0 aliphatic rings. The van der Waals surface area contributed by atoms with Crippen LogP contribution in [0.25, 0.3) is 0 Å². The molecule has 2 aromatic rings. The van der Waals surface area contributed by atoms with Gasteiger partial charge in [-0.15, -0.1) is 0 Å². The SMILES string of the molecule is Fc1ccccc1.O=Cc1ccccc1NS(=O)[O-]. The van der Waals surface area contributed by atoms with Crippen LogP contribution in [0.2, 0.25) is 0 Å². The van der Waals surface area contributed by atoms with Gasteiger partial charge in [0.15, 0.2) is 6.29 Å². The number of hydrogen-bond donors (Lipinski definition) is 1. The molecule has 0 aliphatic heterocycles. The highest BCUT2D eigenvalue weighted by atomic mass is 32.2. The summed E-state index contributed by atoms with van der Waals surface area (Å²) in [6, 6.07) is 14.3. The van der Waals surface area contributed by atoms with Crippen LogP contribution in [0.4, 0.5) is 10.1 Å². The zero-order valence-electron chi connectivity index (χ0n) is 9.78. The standard InChI is InChI=1S/C7H7NO3S.C6H5F/c9-5-6-3-1-2-4-7(6)8-12(10)11;7-6-4-2-1-3-5-6/h1-5,8H,(H,10,11);1-5H/p-1. The van der Waals surface area contributed by atoms with Crippen LogP contribution in [0.3, 0.4) is 0 Å². The Morgan fingerprint density at radius 1 is 1.05 bits per heavy atom. The second kappa shape index (κ2) is 8.12. The number of rotatable bonds is 3. The Morgan fingerprint density at radius 2 is 1.63 bits per heavy atom. The first-order chi connectivity index (χ1) is 9.13. The van der Waals surface area contributed by atoms with Gasteiger partial charge in [-0.05, 0) is 24.3 Å². The molecule has 1 unspecified atom stereocenters. The average Bonchev–Trinajstić information content (AvgIpc) is 2.40. The van der Waals surface area contributed by atoms with Crippen molar-refractivity contribution in [3.05, 3.63) is 66.0 Å².